The van der Waals surface area contributed by atoms with Gasteiger partial charge in [0.05, 0.1) is 11.1 Å². The molecule has 10 heteroatoms. The van der Waals surface area contributed by atoms with E-state index < -0.39 is 0 Å². The molecular weight excluding hydrogens is 473 g/mol. The number of carbonyl (C=O) groups excluding carboxylic acids is 2. The summed E-state index contributed by atoms with van der Waals surface area (Å²) in [6, 6.07) is 8.65. The summed E-state index contributed by atoms with van der Waals surface area (Å²) < 4.78 is 18.9. The number of fused-ring (bicyclic) bond motifs is 1. The van der Waals surface area contributed by atoms with Crippen molar-refractivity contribution in [3.05, 3.63) is 65.5 Å². The molecule has 188 valence electrons. The lowest BCUT2D eigenvalue weighted by molar-refractivity contribution is -0.114. The fraction of sp³-hybridized carbons (Fsp3) is 0.333. The van der Waals surface area contributed by atoms with Gasteiger partial charge in [0.25, 0.3) is 5.91 Å². The van der Waals surface area contributed by atoms with Crippen LogP contribution in [-0.2, 0) is 17.9 Å². The Hall–Kier alpha value is -4.21. The first-order valence-electron chi connectivity index (χ1n) is 12.8. The normalized spacial score (nSPS) is 18.1. The number of hydrogen-bond acceptors (Lipinski definition) is 4. The summed E-state index contributed by atoms with van der Waals surface area (Å²) in [5, 5.41) is 12.2. The third-order valence-corrected chi connectivity index (χ3v) is 7.70. The second-order valence-corrected chi connectivity index (χ2v) is 9.94. The van der Waals surface area contributed by atoms with Gasteiger partial charge in [-0.25, -0.2) is 9.18 Å². The topological polar surface area (TPSA) is 87.8 Å². The summed E-state index contributed by atoms with van der Waals surface area (Å²) in [5.74, 6) is -0.124. The van der Waals surface area contributed by atoms with Crippen LogP contribution in [0.1, 0.15) is 36.2 Å². The van der Waals surface area contributed by atoms with Crippen LogP contribution < -0.4 is 5.32 Å². The van der Waals surface area contributed by atoms with E-state index in [-0.39, 0.29) is 17.8 Å². The van der Waals surface area contributed by atoms with Crippen LogP contribution in [0.5, 0.6) is 0 Å². The van der Waals surface area contributed by atoms with Crippen molar-refractivity contribution in [1.29, 1.82) is 0 Å². The van der Waals surface area contributed by atoms with Gasteiger partial charge in [0.15, 0.2) is 11.5 Å². The van der Waals surface area contributed by atoms with Gasteiger partial charge >= 0.3 is 6.03 Å². The molecule has 0 unspecified atom stereocenters. The van der Waals surface area contributed by atoms with E-state index >= 15 is 4.39 Å². The lowest BCUT2D eigenvalue weighted by atomic mass is 9.99. The minimum Gasteiger partial charge on any atom is -0.348 e. The Kier molecular flexibility index (Phi) is 5.02. The molecule has 1 saturated heterocycles. The molecule has 0 spiro atoms. The number of aromatic nitrogens is 4. The van der Waals surface area contributed by atoms with E-state index in [1.165, 1.54) is 12.1 Å². The van der Waals surface area contributed by atoms with E-state index in [4.69, 9.17) is 0 Å². The van der Waals surface area contributed by atoms with Crippen molar-refractivity contribution in [1.82, 2.24) is 34.3 Å². The Morgan fingerprint density at radius 3 is 2.73 bits per heavy atom. The summed E-state index contributed by atoms with van der Waals surface area (Å²) >= 11 is 0. The molecule has 9 nitrogen and oxygen atoms in total. The number of nitrogens with one attached hydrogen (secondary N) is 1. The highest BCUT2D eigenvalue weighted by molar-refractivity contribution is 6.30. The molecule has 6 heterocycles. The maximum Gasteiger partial charge on any atom is 0.320 e. The molecule has 3 aromatic heterocycles. The lowest BCUT2D eigenvalue weighted by Gasteiger charge is -2.32. The Balaban J connectivity index is 1.34. The van der Waals surface area contributed by atoms with Crippen molar-refractivity contribution in [2.75, 3.05) is 26.2 Å². The van der Waals surface area contributed by atoms with Gasteiger partial charge in [0, 0.05) is 62.6 Å². The number of nitrogens with zero attached hydrogens (tertiary/aromatic N) is 6. The first-order chi connectivity index (χ1) is 18.1. The van der Waals surface area contributed by atoms with Crippen LogP contribution in [0, 0.1) is 5.82 Å². The fourth-order valence-electron chi connectivity index (χ4n) is 5.95. The van der Waals surface area contributed by atoms with Gasteiger partial charge in [-0.2, -0.15) is 0 Å². The van der Waals surface area contributed by atoms with Gasteiger partial charge < -0.3 is 19.7 Å². The summed E-state index contributed by atoms with van der Waals surface area (Å²) in [6.07, 6.45) is 7.02. The number of amides is 3. The van der Waals surface area contributed by atoms with Crippen LogP contribution in [0.25, 0.3) is 27.7 Å². The second kappa shape index (κ2) is 8.43. The van der Waals surface area contributed by atoms with Crippen molar-refractivity contribution in [3.63, 3.8) is 0 Å². The fourth-order valence-corrected chi connectivity index (χ4v) is 5.95. The van der Waals surface area contributed by atoms with E-state index in [1.54, 1.807) is 4.40 Å². The maximum atomic E-state index is 15.0. The molecule has 0 radical (unpaired) electrons. The zero-order chi connectivity index (χ0) is 25.1. The molecule has 1 fully saturated rings. The van der Waals surface area contributed by atoms with Crippen LogP contribution in [0.3, 0.4) is 0 Å². The quantitative estimate of drug-likeness (QED) is 0.459. The molecule has 0 atom stereocenters. The highest BCUT2D eigenvalue weighted by Gasteiger charge is 2.32. The summed E-state index contributed by atoms with van der Waals surface area (Å²) in [7, 11) is 0. The van der Waals surface area contributed by atoms with E-state index in [0.29, 0.717) is 43.2 Å². The molecule has 4 aromatic rings. The Morgan fingerprint density at radius 1 is 1.00 bits per heavy atom. The largest absolute Gasteiger partial charge is 0.348 e. The lowest BCUT2D eigenvalue weighted by Crippen LogP contribution is -2.45. The molecule has 3 aliphatic rings. The Bertz CT molecular complexity index is 1610. The van der Waals surface area contributed by atoms with Gasteiger partial charge in [-0.05, 0) is 54.7 Å². The number of likely N-dealkylation sites (tertiary alicyclic amines) is 1. The van der Waals surface area contributed by atoms with Crippen molar-refractivity contribution < 1.29 is 14.0 Å². The minimum absolute atomic E-state index is 0.0253. The molecule has 1 aromatic carbocycles. The predicted molar refractivity (Wildman–Crippen MR) is 136 cm³/mol. The van der Waals surface area contributed by atoms with E-state index in [9.17, 15) is 9.59 Å². The number of carbonyl (C=O) groups is 2. The number of halogens is 1. The minimum atomic E-state index is -0.360. The molecule has 3 amide bonds. The van der Waals surface area contributed by atoms with Gasteiger partial charge in [0.2, 0.25) is 0 Å². The van der Waals surface area contributed by atoms with Gasteiger partial charge in [-0.1, -0.05) is 6.07 Å². The van der Waals surface area contributed by atoms with Crippen molar-refractivity contribution in [2.24, 2.45) is 0 Å². The van der Waals surface area contributed by atoms with Gasteiger partial charge in [-0.15, -0.1) is 10.2 Å². The number of piperidine rings is 1. The summed E-state index contributed by atoms with van der Waals surface area (Å²) in [5.41, 5.74) is 4.34. The number of rotatable bonds is 2. The predicted octanol–water partition coefficient (Wildman–Crippen LogP) is 3.29. The summed E-state index contributed by atoms with van der Waals surface area (Å²) in [4.78, 5) is 30.0. The zero-order valence-corrected chi connectivity index (χ0v) is 20.3. The van der Waals surface area contributed by atoms with E-state index in [1.807, 2.05) is 40.4 Å². The average molecular weight is 500 g/mol. The first kappa shape index (κ1) is 22.0. The monoisotopic (exact) mass is 499 g/mol. The molecule has 0 bridgehead atoms. The van der Waals surface area contributed by atoms with Crippen LogP contribution in [0.15, 0.2) is 42.7 Å². The molecular formula is C27H26FN7O2. The number of pyridine rings is 1. The van der Waals surface area contributed by atoms with Crippen molar-refractivity contribution in [3.8, 4) is 0 Å². The third kappa shape index (κ3) is 3.50. The van der Waals surface area contributed by atoms with Crippen LogP contribution in [0.2, 0.25) is 0 Å². The zero-order valence-electron chi connectivity index (χ0n) is 20.3. The molecule has 3 aliphatic heterocycles. The molecule has 7 rings (SSSR count). The van der Waals surface area contributed by atoms with Crippen LogP contribution in [0.4, 0.5) is 9.18 Å². The van der Waals surface area contributed by atoms with Crippen molar-refractivity contribution in [2.45, 2.75) is 32.4 Å². The first-order valence-corrected chi connectivity index (χ1v) is 12.8. The SMILES string of the molecule is O=C1NCC(c2cn3c4c(cc(F)cc24)CN(C(=O)N2CCCCC2)CC3)=C1c1nnc2ccccn12. The van der Waals surface area contributed by atoms with E-state index in [2.05, 4.69) is 20.1 Å². The smallest absolute Gasteiger partial charge is 0.320 e. The number of benzene rings is 1. The standard InChI is InChI=1S/C27H26FN7O2/c28-18-12-17-15-34(27(37)32-7-3-1-4-8-32)11-10-33-16-21(19(13-18)24(17)33)20-14-29-26(36)23(20)25-31-30-22-6-2-5-9-35(22)25/h2,5-6,9,12-13,16H,1,3-4,7-8,10-11,14-15H2,(H,29,36). The van der Waals surface area contributed by atoms with Crippen molar-refractivity contribution >= 4 is 39.6 Å². The molecule has 1 N–H and O–H groups in total. The molecule has 37 heavy (non-hydrogen) atoms. The molecule has 0 saturated carbocycles. The number of urea groups is 1. The summed E-state index contributed by atoms with van der Waals surface area (Å²) in [6.45, 7) is 3.35. The average Bonchev–Trinajstić information content (AvgIpc) is 3.57. The van der Waals surface area contributed by atoms with Gasteiger partial charge in [-0.3, -0.25) is 9.20 Å². The maximum absolute atomic E-state index is 15.0. The third-order valence-electron chi connectivity index (χ3n) is 7.70. The Labute approximate surface area is 212 Å². The number of hydrogen-bond donors (Lipinski definition) is 1. The van der Waals surface area contributed by atoms with Crippen LogP contribution in [-0.4, -0.2) is 67.1 Å². The Morgan fingerprint density at radius 2 is 1.86 bits per heavy atom. The molecule has 0 aliphatic carbocycles. The highest BCUT2D eigenvalue weighted by atomic mass is 19.1. The second-order valence-electron chi connectivity index (χ2n) is 9.94. The highest BCUT2D eigenvalue weighted by Crippen LogP contribution is 2.37. The van der Waals surface area contributed by atoms with Crippen LogP contribution >= 0.6 is 0 Å². The van der Waals surface area contributed by atoms with E-state index in [0.717, 1.165) is 60.0 Å². The van der Waals surface area contributed by atoms with Gasteiger partial charge in [0.1, 0.15) is 5.82 Å².